The van der Waals surface area contributed by atoms with E-state index in [0.29, 0.717) is 5.56 Å². The fraction of sp³-hybridized carbons (Fsp3) is 0.412. The van der Waals surface area contributed by atoms with E-state index in [1.807, 2.05) is 5.38 Å². The molecule has 2 nitrogen and oxygen atoms in total. The van der Waals surface area contributed by atoms with Crippen LogP contribution in [-0.2, 0) is 6.42 Å². The predicted octanol–water partition coefficient (Wildman–Crippen LogP) is 4.82. The van der Waals surface area contributed by atoms with Gasteiger partial charge >= 0.3 is 0 Å². The fourth-order valence-electron chi connectivity index (χ4n) is 3.31. The lowest BCUT2D eigenvalue weighted by Gasteiger charge is -2.35. The minimum absolute atomic E-state index is 0.144. The summed E-state index contributed by atoms with van der Waals surface area (Å²) in [5.74, 6) is -5.87. The van der Waals surface area contributed by atoms with Crippen molar-refractivity contribution in [2.24, 2.45) is 0 Å². The molecule has 2 aliphatic carbocycles. The number of ether oxygens (including phenoxy) is 1. The summed E-state index contributed by atoms with van der Waals surface area (Å²) >= 11 is 1.38. The first-order valence-electron chi connectivity index (χ1n) is 7.57. The number of hydrogen-bond acceptors (Lipinski definition) is 3. The number of aliphatic hydroxyl groups is 1. The molecule has 24 heavy (non-hydrogen) atoms. The maximum absolute atomic E-state index is 14.1. The van der Waals surface area contributed by atoms with Gasteiger partial charge in [-0.05, 0) is 29.1 Å². The molecule has 1 fully saturated rings. The number of halogens is 4. The SMILES string of the molecule is OC1c2c(-c3cccs3)ccc(OC3CC(F)(F)C3)c2CC1(F)F. The Morgan fingerprint density at radius 1 is 1.12 bits per heavy atom. The van der Waals surface area contributed by atoms with Gasteiger partial charge in [0.05, 0.1) is 0 Å². The van der Waals surface area contributed by atoms with Gasteiger partial charge in [0, 0.05) is 35.3 Å². The van der Waals surface area contributed by atoms with Crippen LogP contribution in [0.5, 0.6) is 5.75 Å². The van der Waals surface area contributed by atoms with Crippen LogP contribution in [0.3, 0.4) is 0 Å². The van der Waals surface area contributed by atoms with E-state index in [9.17, 15) is 22.7 Å². The van der Waals surface area contributed by atoms with Crippen molar-refractivity contribution >= 4 is 11.3 Å². The molecule has 1 aromatic carbocycles. The molecule has 0 bridgehead atoms. The zero-order valence-corrected chi connectivity index (χ0v) is 13.3. The van der Waals surface area contributed by atoms with E-state index in [4.69, 9.17) is 4.74 Å². The van der Waals surface area contributed by atoms with Gasteiger partial charge in [0.2, 0.25) is 0 Å². The van der Waals surface area contributed by atoms with Gasteiger partial charge in [-0.2, -0.15) is 0 Å². The summed E-state index contributed by atoms with van der Waals surface area (Å²) < 4.78 is 59.6. The molecular weight excluding hydrogens is 344 g/mol. The van der Waals surface area contributed by atoms with E-state index >= 15 is 0 Å². The number of aliphatic hydroxyl groups excluding tert-OH is 1. The molecule has 1 unspecified atom stereocenters. The Bertz CT molecular complexity index is 765. The third-order valence-electron chi connectivity index (χ3n) is 4.53. The summed E-state index contributed by atoms with van der Waals surface area (Å²) in [7, 11) is 0. The lowest BCUT2D eigenvalue weighted by molar-refractivity contribution is -0.134. The summed E-state index contributed by atoms with van der Waals surface area (Å²) in [6.45, 7) is 0. The minimum atomic E-state index is -3.29. The maximum atomic E-state index is 14.1. The van der Waals surface area contributed by atoms with Crippen molar-refractivity contribution in [3.8, 4) is 16.2 Å². The van der Waals surface area contributed by atoms with Crippen LogP contribution in [0.25, 0.3) is 10.4 Å². The van der Waals surface area contributed by atoms with Gasteiger partial charge in [0.15, 0.2) is 0 Å². The van der Waals surface area contributed by atoms with Crippen LogP contribution < -0.4 is 4.74 Å². The zero-order chi connectivity index (χ0) is 17.1. The number of hydrogen-bond donors (Lipinski definition) is 1. The van der Waals surface area contributed by atoms with Crippen molar-refractivity contribution < 1.29 is 27.4 Å². The summed E-state index contributed by atoms with van der Waals surface area (Å²) in [6, 6.07) is 6.74. The van der Waals surface area contributed by atoms with Crippen molar-refractivity contribution in [2.45, 2.75) is 43.3 Å². The Kier molecular flexibility index (Phi) is 3.44. The van der Waals surface area contributed by atoms with Crippen LogP contribution in [0.4, 0.5) is 17.6 Å². The molecule has 1 saturated carbocycles. The van der Waals surface area contributed by atoms with Gasteiger partial charge in [-0.1, -0.05) is 6.07 Å². The van der Waals surface area contributed by atoms with Crippen LogP contribution in [-0.4, -0.2) is 23.1 Å². The molecule has 1 atom stereocenters. The molecule has 1 aromatic heterocycles. The largest absolute Gasteiger partial charge is 0.490 e. The lowest BCUT2D eigenvalue weighted by atomic mass is 9.90. The second kappa shape index (κ2) is 5.20. The number of alkyl halides is 4. The van der Waals surface area contributed by atoms with E-state index < -0.39 is 43.3 Å². The first-order valence-corrected chi connectivity index (χ1v) is 8.45. The molecule has 1 N–H and O–H groups in total. The molecule has 7 heteroatoms. The van der Waals surface area contributed by atoms with Crippen LogP contribution in [0.1, 0.15) is 30.1 Å². The number of rotatable bonds is 3. The Morgan fingerprint density at radius 2 is 1.88 bits per heavy atom. The van der Waals surface area contributed by atoms with Gasteiger partial charge in [0.1, 0.15) is 18.0 Å². The predicted molar refractivity (Wildman–Crippen MR) is 82.0 cm³/mol. The topological polar surface area (TPSA) is 29.5 Å². The van der Waals surface area contributed by atoms with Gasteiger partial charge in [-0.25, -0.2) is 17.6 Å². The Balaban J connectivity index is 1.73. The van der Waals surface area contributed by atoms with Crippen molar-refractivity contribution in [2.75, 3.05) is 0 Å². The van der Waals surface area contributed by atoms with Crippen LogP contribution in [0.2, 0.25) is 0 Å². The van der Waals surface area contributed by atoms with Crippen LogP contribution >= 0.6 is 11.3 Å². The summed E-state index contributed by atoms with van der Waals surface area (Å²) in [5.41, 5.74) is 0.899. The summed E-state index contributed by atoms with van der Waals surface area (Å²) in [6.07, 6.45) is -4.07. The van der Waals surface area contributed by atoms with E-state index in [0.717, 1.165) is 4.88 Å². The van der Waals surface area contributed by atoms with Crippen LogP contribution in [0, 0.1) is 0 Å². The zero-order valence-electron chi connectivity index (χ0n) is 12.4. The maximum Gasteiger partial charge on any atom is 0.281 e. The number of fused-ring (bicyclic) bond motifs is 1. The van der Waals surface area contributed by atoms with Crippen molar-refractivity contribution in [3.05, 3.63) is 40.8 Å². The highest BCUT2D eigenvalue weighted by molar-refractivity contribution is 7.13. The molecule has 0 amide bonds. The molecule has 0 radical (unpaired) electrons. The quantitative estimate of drug-likeness (QED) is 0.798. The lowest BCUT2D eigenvalue weighted by Crippen LogP contribution is -2.43. The van der Waals surface area contributed by atoms with Crippen molar-refractivity contribution in [3.63, 3.8) is 0 Å². The summed E-state index contributed by atoms with van der Waals surface area (Å²) in [4.78, 5) is 0.768. The van der Waals surface area contributed by atoms with E-state index in [2.05, 4.69) is 0 Å². The van der Waals surface area contributed by atoms with Gasteiger partial charge in [-0.15, -0.1) is 11.3 Å². The monoisotopic (exact) mass is 358 g/mol. The Hall–Kier alpha value is -1.60. The number of thiophene rings is 1. The molecular formula is C17H14F4O2S. The Labute approximate surface area is 139 Å². The van der Waals surface area contributed by atoms with Crippen LogP contribution in [0.15, 0.2) is 29.6 Å². The second-order valence-electron chi connectivity index (χ2n) is 6.33. The molecule has 0 aliphatic heterocycles. The van der Waals surface area contributed by atoms with Crippen molar-refractivity contribution in [1.82, 2.24) is 0 Å². The average molecular weight is 358 g/mol. The van der Waals surface area contributed by atoms with E-state index in [1.165, 1.54) is 11.3 Å². The van der Waals surface area contributed by atoms with Gasteiger partial charge in [-0.3, -0.25) is 0 Å². The normalized spacial score (nSPS) is 24.5. The molecule has 2 aliphatic rings. The first-order chi connectivity index (χ1) is 11.3. The Morgan fingerprint density at radius 3 is 2.50 bits per heavy atom. The summed E-state index contributed by atoms with van der Waals surface area (Å²) in [5, 5.41) is 11.9. The third kappa shape index (κ3) is 2.50. The fourth-order valence-corrected chi connectivity index (χ4v) is 4.08. The molecule has 4 rings (SSSR count). The van der Waals surface area contributed by atoms with Crippen molar-refractivity contribution in [1.29, 1.82) is 0 Å². The average Bonchev–Trinajstić information content (AvgIpc) is 3.06. The molecule has 0 saturated heterocycles. The standard InChI is InChI=1S/C17H14F4O2S/c18-16(19)6-9(7-16)23-12-4-3-10(13-2-1-5-24-13)14-11(12)8-17(20,21)15(14)22/h1-5,9,15,22H,6-8H2. The first kappa shape index (κ1) is 15.9. The molecule has 1 heterocycles. The molecule has 0 spiro atoms. The molecule has 2 aromatic rings. The van der Waals surface area contributed by atoms with Gasteiger partial charge < -0.3 is 9.84 Å². The van der Waals surface area contributed by atoms with E-state index in [-0.39, 0.29) is 16.9 Å². The highest BCUT2D eigenvalue weighted by atomic mass is 32.1. The van der Waals surface area contributed by atoms with Gasteiger partial charge in [0.25, 0.3) is 11.8 Å². The minimum Gasteiger partial charge on any atom is -0.490 e. The second-order valence-corrected chi connectivity index (χ2v) is 7.27. The highest BCUT2D eigenvalue weighted by Crippen LogP contribution is 2.51. The number of benzene rings is 1. The highest BCUT2D eigenvalue weighted by Gasteiger charge is 2.51. The molecule has 128 valence electrons. The smallest absolute Gasteiger partial charge is 0.281 e. The van der Waals surface area contributed by atoms with E-state index in [1.54, 1.807) is 24.3 Å². The third-order valence-corrected chi connectivity index (χ3v) is 5.44.